The van der Waals surface area contributed by atoms with Gasteiger partial charge in [-0.25, -0.2) is 9.97 Å². The van der Waals surface area contributed by atoms with Crippen LogP contribution in [0.5, 0.6) is 0 Å². The molecule has 0 spiro atoms. The molecule has 110 valence electrons. The topological polar surface area (TPSA) is 103 Å². The van der Waals surface area contributed by atoms with Gasteiger partial charge in [0, 0.05) is 36.6 Å². The maximum atomic E-state index is 5.90. The molecule has 21 heavy (non-hydrogen) atoms. The second-order valence-corrected chi connectivity index (χ2v) is 4.99. The smallest absolute Gasteiger partial charge is 0.221 e. The number of hydrogen-bond acceptors (Lipinski definition) is 7. The van der Waals surface area contributed by atoms with Gasteiger partial charge in [0.15, 0.2) is 0 Å². The summed E-state index contributed by atoms with van der Waals surface area (Å²) in [4.78, 5) is 14.8. The minimum absolute atomic E-state index is 0.172. The van der Waals surface area contributed by atoms with Gasteiger partial charge in [0.1, 0.15) is 11.6 Å². The molecule has 3 heterocycles. The van der Waals surface area contributed by atoms with Crippen molar-refractivity contribution in [3.63, 3.8) is 0 Å². The summed E-state index contributed by atoms with van der Waals surface area (Å²) in [6.07, 6.45) is 3.42. The highest BCUT2D eigenvalue weighted by Gasteiger charge is 2.15. The maximum Gasteiger partial charge on any atom is 0.221 e. The van der Waals surface area contributed by atoms with Crippen LogP contribution in [0.1, 0.15) is 5.56 Å². The first-order valence-corrected chi connectivity index (χ1v) is 6.83. The molecular weight excluding hydrogens is 268 g/mol. The summed E-state index contributed by atoms with van der Waals surface area (Å²) in [5.41, 5.74) is 14.1. The van der Waals surface area contributed by atoms with E-state index in [0.717, 1.165) is 48.8 Å². The van der Waals surface area contributed by atoms with Gasteiger partial charge in [-0.05, 0) is 18.6 Å². The normalized spacial score (nSPS) is 15.2. The number of rotatable bonds is 2. The van der Waals surface area contributed by atoms with Gasteiger partial charge in [-0.3, -0.25) is 0 Å². The molecule has 0 amide bonds. The standard InChI is InChI=1S/C14H18N6O/c1-9-6-10(11-8-18-14(16)19-12(11)15)7-17-13(9)20-2-4-21-5-3-20/h6-8H,2-5H2,1H3,(H4,15,16,18,19). The summed E-state index contributed by atoms with van der Waals surface area (Å²) in [5, 5.41) is 0. The lowest BCUT2D eigenvalue weighted by Crippen LogP contribution is -2.37. The Balaban J connectivity index is 1.93. The summed E-state index contributed by atoms with van der Waals surface area (Å²) in [6.45, 7) is 5.24. The van der Waals surface area contributed by atoms with Crippen LogP contribution >= 0.6 is 0 Å². The highest BCUT2D eigenvalue weighted by atomic mass is 16.5. The number of pyridine rings is 1. The van der Waals surface area contributed by atoms with Gasteiger partial charge in [-0.15, -0.1) is 0 Å². The largest absolute Gasteiger partial charge is 0.383 e. The van der Waals surface area contributed by atoms with Gasteiger partial charge in [0.05, 0.1) is 13.2 Å². The summed E-state index contributed by atoms with van der Waals surface area (Å²) in [6, 6.07) is 2.04. The Morgan fingerprint density at radius 2 is 1.90 bits per heavy atom. The fourth-order valence-electron chi connectivity index (χ4n) is 2.45. The summed E-state index contributed by atoms with van der Waals surface area (Å²) in [7, 11) is 0. The van der Waals surface area contributed by atoms with Crippen molar-refractivity contribution in [3.8, 4) is 11.1 Å². The van der Waals surface area contributed by atoms with Gasteiger partial charge in [0.25, 0.3) is 0 Å². The molecule has 1 saturated heterocycles. The van der Waals surface area contributed by atoms with Crippen molar-refractivity contribution in [2.45, 2.75) is 6.92 Å². The number of ether oxygens (including phenoxy) is 1. The van der Waals surface area contributed by atoms with Crippen LogP contribution < -0.4 is 16.4 Å². The number of nitrogens with zero attached hydrogens (tertiary/aromatic N) is 4. The van der Waals surface area contributed by atoms with E-state index in [9.17, 15) is 0 Å². The Labute approximate surface area is 123 Å². The van der Waals surface area contributed by atoms with Gasteiger partial charge < -0.3 is 21.1 Å². The van der Waals surface area contributed by atoms with E-state index >= 15 is 0 Å². The molecule has 3 rings (SSSR count). The summed E-state index contributed by atoms with van der Waals surface area (Å²) in [5.74, 6) is 1.52. The first kappa shape index (κ1) is 13.6. The molecule has 1 fully saturated rings. The fraction of sp³-hybridized carbons (Fsp3) is 0.357. The Bertz CT molecular complexity index is 654. The molecule has 4 N–H and O–H groups in total. The van der Waals surface area contributed by atoms with E-state index < -0.39 is 0 Å². The first-order valence-electron chi connectivity index (χ1n) is 6.83. The molecule has 2 aromatic heterocycles. The van der Waals surface area contributed by atoms with Crippen LogP contribution in [0.15, 0.2) is 18.5 Å². The second kappa shape index (κ2) is 5.53. The van der Waals surface area contributed by atoms with Crippen LogP contribution in [0.25, 0.3) is 11.1 Å². The third-order valence-corrected chi connectivity index (χ3v) is 3.51. The molecule has 0 aromatic carbocycles. The minimum Gasteiger partial charge on any atom is -0.383 e. The maximum absolute atomic E-state index is 5.90. The monoisotopic (exact) mass is 286 g/mol. The highest BCUT2D eigenvalue weighted by Crippen LogP contribution is 2.27. The van der Waals surface area contributed by atoms with Crippen molar-refractivity contribution >= 4 is 17.6 Å². The lowest BCUT2D eigenvalue weighted by Gasteiger charge is -2.29. The molecule has 0 saturated carbocycles. The minimum atomic E-state index is 0.172. The Hall–Kier alpha value is -2.41. The van der Waals surface area contributed by atoms with Gasteiger partial charge in [0.2, 0.25) is 5.95 Å². The molecule has 0 unspecified atom stereocenters. The molecule has 0 bridgehead atoms. The zero-order chi connectivity index (χ0) is 14.8. The average Bonchev–Trinajstić information content (AvgIpc) is 2.48. The van der Waals surface area contributed by atoms with E-state index in [1.54, 1.807) is 12.4 Å². The zero-order valence-electron chi connectivity index (χ0n) is 11.9. The van der Waals surface area contributed by atoms with Gasteiger partial charge in [-0.1, -0.05) is 0 Å². The summed E-state index contributed by atoms with van der Waals surface area (Å²) < 4.78 is 5.37. The zero-order valence-corrected chi connectivity index (χ0v) is 11.9. The summed E-state index contributed by atoms with van der Waals surface area (Å²) >= 11 is 0. The van der Waals surface area contributed by atoms with Gasteiger partial charge in [-0.2, -0.15) is 4.98 Å². The van der Waals surface area contributed by atoms with Crippen LogP contribution in [-0.4, -0.2) is 41.3 Å². The lowest BCUT2D eigenvalue weighted by atomic mass is 10.1. The van der Waals surface area contributed by atoms with Crippen LogP contribution in [0.3, 0.4) is 0 Å². The Morgan fingerprint density at radius 1 is 1.14 bits per heavy atom. The second-order valence-electron chi connectivity index (χ2n) is 4.99. The molecule has 1 aliphatic heterocycles. The number of nitrogens with two attached hydrogens (primary N) is 2. The molecule has 0 atom stereocenters. The number of aryl methyl sites for hydroxylation is 1. The number of aromatic nitrogens is 3. The molecule has 7 heteroatoms. The number of anilines is 3. The van der Waals surface area contributed by atoms with E-state index in [2.05, 4.69) is 19.9 Å². The predicted molar refractivity (Wildman–Crippen MR) is 81.9 cm³/mol. The SMILES string of the molecule is Cc1cc(-c2cnc(N)nc2N)cnc1N1CCOCC1. The Morgan fingerprint density at radius 3 is 2.57 bits per heavy atom. The number of hydrogen-bond donors (Lipinski definition) is 2. The Kier molecular flexibility index (Phi) is 3.57. The van der Waals surface area contributed by atoms with Gasteiger partial charge >= 0.3 is 0 Å². The number of nitrogen functional groups attached to an aromatic ring is 2. The van der Waals surface area contributed by atoms with Crippen molar-refractivity contribution < 1.29 is 4.74 Å². The van der Waals surface area contributed by atoms with Crippen molar-refractivity contribution in [1.29, 1.82) is 0 Å². The van der Waals surface area contributed by atoms with E-state index in [4.69, 9.17) is 16.2 Å². The van der Waals surface area contributed by atoms with E-state index in [1.807, 2.05) is 13.0 Å². The number of morpholine rings is 1. The first-order chi connectivity index (χ1) is 10.1. The van der Waals surface area contributed by atoms with Crippen LogP contribution in [0.4, 0.5) is 17.6 Å². The van der Waals surface area contributed by atoms with Crippen LogP contribution in [0.2, 0.25) is 0 Å². The van der Waals surface area contributed by atoms with E-state index in [0.29, 0.717) is 5.82 Å². The average molecular weight is 286 g/mol. The van der Waals surface area contributed by atoms with Crippen molar-refractivity contribution in [3.05, 3.63) is 24.0 Å². The third-order valence-electron chi connectivity index (χ3n) is 3.51. The quantitative estimate of drug-likeness (QED) is 0.843. The van der Waals surface area contributed by atoms with E-state index in [-0.39, 0.29) is 5.95 Å². The molecular formula is C14H18N6O. The van der Waals surface area contributed by atoms with Crippen molar-refractivity contribution in [2.75, 3.05) is 42.7 Å². The highest BCUT2D eigenvalue weighted by molar-refractivity contribution is 5.74. The van der Waals surface area contributed by atoms with Crippen LogP contribution in [-0.2, 0) is 4.74 Å². The molecule has 2 aromatic rings. The molecule has 7 nitrogen and oxygen atoms in total. The predicted octanol–water partition coefficient (Wildman–Crippen LogP) is 0.848. The molecule has 0 aliphatic carbocycles. The molecule has 1 aliphatic rings. The molecule has 0 radical (unpaired) electrons. The van der Waals surface area contributed by atoms with Crippen LogP contribution in [0, 0.1) is 6.92 Å². The van der Waals surface area contributed by atoms with E-state index in [1.165, 1.54) is 0 Å². The fourth-order valence-corrected chi connectivity index (χ4v) is 2.45. The van der Waals surface area contributed by atoms with Crippen molar-refractivity contribution in [1.82, 2.24) is 15.0 Å². The van der Waals surface area contributed by atoms with Crippen molar-refractivity contribution in [2.24, 2.45) is 0 Å². The lowest BCUT2D eigenvalue weighted by molar-refractivity contribution is 0.122. The third kappa shape index (κ3) is 2.73.